The number of fused-ring (bicyclic) bond motifs is 1. The van der Waals surface area contributed by atoms with Gasteiger partial charge in [-0.3, -0.25) is 0 Å². The zero-order valence-electron chi connectivity index (χ0n) is 11.0. The molecule has 0 heterocycles. The van der Waals surface area contributed by atoms with Crippen molar-refractivity contribution in [1.82, 2.24) is 4.90 Å². The van der Waals surface area contributed by atoms with Crippen LogP contribution < -0.4 is 0 Å². The quantitative estimate of drug-likeness (QED) is 0.843. The van der Waals surface area contributed by atoms with E-state index in [0.29, 0.717) is 0 Å². The second-order valence-corrected chi connectivity index (χ2v) is 4.81. The third-order valence-electron chi connectivity index (χ3n) is 3.29. The number of aliphatic hydroxyl groups excluding tert-OH is 1. The molecule has 0 saturated heterocycles. The van der Waals surface area contributed by atoms with E-state index >= 15 is 0 Å². The highest BCUT2D eigenvalue weighted by atomic mass is 16.3. The van der Waals surface area contributed by atoms with Crippen molar-refractivity contribution >= 4 is 10.8 Å². The summed E-state index contributed by atoms with van der Waals surface area (Å²) in [6.07, 6.45) is 1.92. The van der Waals surface area contributed by atoms with Crippen molar-refractivity contribution in [2.45, 2.75) is 12.8 Å². The summed E-state index contributed by atoms with van der Waals surface area (Å²) in [5, 5.41) is 11.4. The summed E-state index contributed by atoms with van der Waals surface area (Å²) >= 11 is 0. The van der Waals surface area contributed by atoms with Gasteiger partial charge in [-0.25, -0.2) is 0 Å². The first kappa shape index (κ1) is 13.1. The molecule has 2 heteroatoms. The molecule has 0 aliphatic heterocycles. The van der Waals surface area contributed by atoms with Crippen LogP contribution in [0.25, 0.3) is 10.8 Å². The van der Waals surface area contributed by atoms with Gasteiger partial charge in [0.2, 0.25) is 0 Å². The van der Waals surface area contributed by atoms with Crippen molar-refractivity contribution in [3.05, 3.63) is 48.0 Å². The van der Waals surface area contributed by atoms with Crippen LogP contribution in [0.15, 0.2) is 42.5 Å². The largest absolute Gasteiger partial charge is 0.396 e. The van der Waals surface area contributed by atoms with Crippen molar-refractivity contribution < 1.29 is 5.11 Å². The molecule has 0 atom stereocenters. The van der Waals surface area contributed by atoms with Gasteiger partial charge in [0.15, 0.2) is 0 Å². The van der Waals surface area contributed by atoms with E-state index < -0.39 is 0 Å². The molecule has 0 aliphatic rings. The maximum Gasteiger partial charge on any atom is 0.0443 e. The molecule has 2 nitrogen and oxygen atoms in total. The van der Waals surface area contributed by atoms with Crippen LogP contribution in [-0.4, -0.2) is 36.8 Å². The number of hydrogen-bond donors (Lipinski definition) is 1. The SMILES string of the molecule is CN(CCCO)CCc1ccc2ccccc2c1. The van der Waals surface area contributed by atoms with Crippen molar-refractivity contribution in [3.8, 4) is 0 Å². The van der Waals surface area contributed by atoms with E-state index in [1.165, 1.54) is 16.3 Å². The molecule has 0 aliphatic carbocycles. The fourth-order valence-corrected chi connectivity index (χ4v) is 2.17. The number of likely N-dealkylation sites (N-methyl/N-ethyl adjacent to an activating group) is 1. The predicted molar refractivity (Wildman–Crippen MR) is 76.9 cm³/mol. The maximum atomic E-state index is 8.79. The van der Waals surface area contributed by atoms with E-state index in [1.807, 2.05) is 0 Å². The zero-order chi connectivity index (χ0) is 12.8. The van der Waals surface area contributed by atoms with Crippen LogP contribution in [0.4, 0.5) is 0 Å². The molecular formula is C16H21NO. The Hall–Kier alpha value is -1.38. The molecule has 2 aromatic carbocycles. The summed E-state index contributed by atoms with van der Waals surface area (Å²) < 4.78 is 0. The number of benzene rings is 2. The molecule has 2 aromatic rings. The lowest BCUT2D eigenvalue weighted by molar-refractivity contribution is 0.248. The van der Waals surface area contributed by atoms with E-state index in [9.17, 15) is 0 Å². The Morgan fingerprint density at radius 1 is 1.00 bits per heavy atom. The van der Waals surface area contributed by atoms with Gasteiger partial charge in [0, 0.05) is 19.7 Å². The van der Waals surface area contributed by atoms with Crippen molar-refractivity contribution in [2.24, 2.45) is 0 Å². The highest BCUT2D eigenvalue weighted by molar-refractivity contribution is 5.82. The third kappa shape index (κ3) is 3.56. The summed E-state index contributed by atoms with van der Waals surface area (Å²) in [4.78, 5) is 2.27. The van der Waals surface area contributed by atoms with Crippen LogP contribution in [-0.2, 0) is 6.42 Å². The molecule has 96 valence electrons. The lowest BCUT2D eigenvalue weighted by Gasteiger charge is -2.15. The van der Waals surface area contributed by atoms with Crippen LogP contribution in [0, 0.1) is 0 Å². The molecule has 0 saturated carbocycles. The first-order valence-electron chi connectivity index (χ1n) is 6.56. The Labute approximate surface area is 109 Å². The molecule has 18 heavy (non-hydrogen) atoms. The predicted octanol–water partition coefficient (Wildman–Crippen LogP) is 2.70. The third-order valence-corrected chi connectivity index (χ3v) is 3.29. The van der Waals surface area contributed by atoms with Gasteiger partial charge in [-0.2, -0.15) is 0 Å². The molecule has 0 amide bonds. The Bertz CT molecular complexity index is 495. The average Bonchev–Trinajstić information content (AvgIpc) is 2.42. The van der Waals surface area contributed by atoms with E-state index in [0.717, 1.165) is 25.9 Å². The van der Waals surface area contributed by atoms with Crippen molar-refractivity contribution in [1.29, 1.82) is 0 Å². The van der Waals surface area contributed by atoms with Crippen LogP contribution in [0.2, 0.25) is 0 Å². The van der Waals surface area contributed by atoms with Crippen molar-refractivity contribution in [2.75, 3.05) is 26.7 Å². The van der Waals surface area contributed by atoms with Crippen LogP contribution >= 0.6 is 0 Å². The summed E-state index contributed by atoms with van der Waals surface area (Å²) in [5.41, 5.74) is 1.38. The molecule has 0 unspecified atom stereocenters. The van der Waals surface area contributed by atoms with Crippen molar-refractivity contribution in [3.63, 3.8) is 0 Å². The van der Waals surface area contributed by atoms with E-state index in [-0.39, 0.29) is 6.61 Å². The topological polar surface area (TPSA) is 23.5 Å². The minimum atomic E-state index is 0.278. The second kappa shape index (κ2) is 6.53. The van der Waals surface area contributed by atoms with Crippen LogP contribution in [0.5, 0.6) is 0 Å². The smallest absolute Gasteiger partial charge is 0.0443 e. The van der Waals surface area contributed by atoms with Gasteiger partial charge < -0.3 is 10.0 Å². The molecule has 0 radical (unpaired) electrons. The lowest BCUT2D eigenvalue weighted by Crippen LogP contribution is -2.23. The number of nitrogens with zero attached hydrogens (tertiary/aromatic N) is 1. The highest BCUT2D eigenvalue weighted by Crippen LogP contribution is 2.16. The first-order valence-corrected chi connectivity index (χ1v) is 6.56. The van der Waals surface area contributed by atoms with E-state index in [2.05, 4.69) is 54.4 Å². The normalized spacial score (nSPS) is 11.3. The van der Waals surface area contributed by atoms with Gasteiger partial charge in [-0.15, -0.1) is 0 Å². The van der Waals surface area contributed by atoms with Gasteiger partial charge in [-0.05, 0) is 36.2 Å². The fourth-order valence-electron chi connectivity index (χ4n) is 2.17. The summed E-state index contributed by atoms with van der Waals surface area (Å²) in [6.45, 7) is 2.28. The van der Waals surface area contributed by atoms with E-state index in [4.69, 9.17) is 5.11 Å². The Kier molecular flexibility index (Phi) is 4.73. The van der Waals surface area contributed by atoms with Gasteiger partial charge in [0.05, 0.1) is 0 Å². The molecule has 0 bridgehead atoms. The molecule has 0 spiro atoms. The fraction of sp³-hybridized carbons (Fsp3) is 0.375. The monoisotopic (exact) mass is 243 g/mol. The van der Waals surface area contributed by atoms with E-state index in [1.54, 1.807) is 0 Å². The first-order chi connectivity index (χ1) is 8.79. The molecule has 0 aromatic heterocycles. The summed E-state index contributed by atoms with van der Waals surface area (Å²) in [5.74, 6) is 0. The zero-order valence-corrected chi connectivity index (χ0v) is 11.0. The number of rotatable bonds is 6. The molecule has 2 rings (SSSR count). The Morgan fingerprint density at radius 2 is 1.78 bits per heavy atom. The maximum absolute atomic E-state index is 8.79. The highest BCUT2D eigenvalue weighted by Gasteiger charge is 2.00. The summed E-state index contributed by atoms with van der Waals surface area (Å²) in [7, 11) is 2.11. The Morgan fingerprint density at radius 3 is 2.56 bits per heavy atom. The second-order valence-electron chi connectivity index (χ2n) is 4.81. The van der Waals surface area contributed by atoms with Gasteiger partial charge in [0.1, 0.15) is 0 Å². The van der Waals surface area contributed by atoms with Crippen LogP contribution in [0.1, 0.15) is 12.0 Å². The standard InChI is InChI=1S/C16H21NO/c1-17(10-4-12-18)11-9-14-7-8-15-5-2-3-6-16(15)13-14/h2-3,5-8,13,18H,4,9-12H2,1H3. The van der Waals surface area contributed by atoms with Gasteiger partial charge >= 0.3 is 0 Å². The molecule has 1 N–H and O–H groups in total. The molecular weight excluding hydrogens is 222 g/mol. The van der Waals surface area contributed by atoms with Crippen LogP contribution in [0.3, 0.4) is 0 Å². The van der Waals surface area contributed by atoms with Gasteiger partial charge in [0.25, 0.3) is 0 Å². The minimum Gasteiger partial charge on any atom is -0.396 e. The average molecular weight is 243 g/mol. The summed E-state index contributed by atoms with van der Waals surface area (Å²) in [6, 6.07) is 15.1. The number of hydrogen-bond acceptors (Lipinski definition) is 2. The Balaban J connectivity index is 1.95. The molecule has 0 fully saturated rings. The minimum absolute atomic E-state index is 0.278. The number of aliphatic hydroxyl groups is 1. The van der Waals surface area contributed by atoms with Gasteiger partial charge in [-0.1, -0.05) is 42.5 Å². The lowest BCUT2D eigenvalue weighted by atomic mass is 10.1.